The molecule has 1 aromatic carbocycles. The molecule has 0 unspecified atom stereocenters. The molecular weight excluding hydrogens is 422 g/mol. The van der Waals surface area contributed by atoms with Gasteiger partial charge in [0.2, 0.25) is 5.91 Å². The molecule has 0 bridgehead atoms. The fourth-order valence-electron chi connectivity index (χ4n) is 4.08. The second-order valence-electron chi connectivity index (χ2n) is 9.43. The van der Waals surface area contributed by atoms with Crippen LogP contribution in [0.25, 0.3) is 0 Å². The molecule has 2 amide bonds. The number of nitrogens with one attached hydrogen (secondary N) is 1. The third-order valence-corrected chi connectivity index (χ3v) is 5.54. The zero-order valence-corrected chi connectivity index (χ0v) is 19.8. The summed E-state index contributed by atoms with van der Waals surface area (Å²) < 4.78 is 1.30. The number of aromatic amines is 1. The van der Waals surface area contributed by atoms with Crippen molar-refractivity contribution >= 4 is 23.3 Å². The minimum atomic E-state index is -0.690. The molecule has 0 radical (unpaired) electrons. The average Bonchev–Trinajstić information content (AvgIpc) is 3.14. The fraction of sp³-hybridized carbons (Fsp3) is 0.500. The molecule has 0 spiro atoms. The van der Waals surface area contributed by atoms with Crippen molar-refractivity contribution < 1.29 is 9.59 Å². The molecule has 0 aliphatic carbocycles. The number of benzene rings is 1. The Morgan fingerprint density at radius 1 is 1.15 bits per heavy atom. The zero-order valence-electron chi connectivity index (χ0n) is 19.8. The van der Waals surface area contributed by atoms with Gasteiger partial charge in [0.25, 0.3) is 11.5 Å². The first-order valence-corrected chi connectivity index (χ1v) is 11.4. The number of H-pyrrole nitrogens is 1. The van der Waals surface area contributed by atoms with E-state index < -0.39 is 11.2 Å². The predicted octanol–water partition coefficient (Wildman–Crippen LogP) is 2.20. The number of nitrogens with two attached hydrogens (primary N) is 1. The Morgan fingerprint density at radius 2 is 1.88 bits per heavy atom. The molecule has 3 rings (SSSR count). The standard InChI is InChI=1S/C24H33N5O4/c1-15(2)12-28(20-21(25)29(13-16(3)4)24(33)26-22(20)31)23(32)18-8-5-7-17(11-18)14-27-10-6-9-19(27)30/h5,7-8,11,15-16H,6,9-10,12-14,25H2,1-4H3,(H,26,31,33). The lowest BCUT2D eigenvalue weighted by molar-refractivity contribution is -0.128. The lowest BCUT2D eigenvalue weighted by Crippen LogP contribution is -2.43. The molecule has 33 heavy (non-hydrogen) atoms. The average molecular weight is 456 g/mol. The van der Waals surface area contributed by atoms with Crippen molar-refractivity contribution in [2.45, 2.75) is 53.6 Å². The highest BCUT2D eigenvalue weighted by Gasteiger charge is 2.27. The third kappa shape index (κ3) is 5.53. The van der Waals surface area contributed by atoms with Crippen LogP contribution in [0.2, 0.25) is 0 Å². The monoisotopic (exact) mass is 455 g/mol. The van der Waals surface area contributed by atoms with Crippen molar-refractivity contribution in [2.24, 2.45) is 11.8 Å². The Labute approximate surface area is 193 Å². The van der Waals surface area contributed by atoms with Crippen LogP contribution in [0, 0.1) is 11.8 Å². The number of aromatic nitrogens is 2. The zero-order chi connectivity index (χ0) is 24.3. The quantitative estimate of drug-likeness (QED) is 0.632. The molecule has 178 valence electrons. The molecule has 2 heterocycles. The second-order valence-corrected chi connectivity index (χ2v) is 9.43. The van der Waals surface area contributed by atoms with E-state index in [9.17, 15) is 19.2 Å². The number of carbonyl (C=O) groups is 2. The van der Waals surface area contributed by atoms with Gasteiger partial charge < -0.3 is 15.5 Å². The molecule has 2 aromatic rings. The van der Waals surface area contributed by atoms with E-state index in [4.69, 9.17) is 5.73 Å². The van der Waals surface area contributed by atoms with Crippen LogP contribution in [0.1, 0.15) is 56.5 Å². The number of hydrogen-bond acceptors (Lipinski definition) is 5. The molecular formula is C24H33N5O4. The maximum Gasteiger partial charge on any atom is 0.330 e. The molecule has 0 atom stereocenters. The first kappa shape index (κ1) is 24.3. The maximum absolute atomic E-state index is 13.6. The SMILES string of the molecule is CC(C)CN(C(=O)c1cccc(CN2CCCC2=O)c1)c1c(N)n(CC(C)C)c(=O)[nH]c1=O. The summed E-state index contributed by atoms with van der Waals surface area (Å²) in [5.41, 5.74) is 6.21. The van der Waals surface area contributed by atoms with Crippen molar-refractivity contribution in [2.75, 3.05) is 23.7 Å². The van der Waals surface area contributed by atoms with E-state index in [1.165, 1.54) is 9.47 Å². The number of amides is 2. The van der Waals surface area contributed by atoms with Crippen molar-refractivity contribution in [3.05, 3.63) is 56.2 Å². The molecule has 3 N–H and O–H groups in total. The van der Waals surface area contributed by atoms with Crippen LogP contribution in [0.3, 0.4) is 0 Å². The predicted molar refractivity (Wildman–Crippen MR) is 128 cm³/mol. The van der Waals surface area contributed by atoms with Gasteiger partial charge in [-0.2, -0.15) is 0 Å². The van der Waals surface area contributed by atoms with Gasteiger partial charge >= 0.3 is 5.69 Å². The van der Waals surface area contributed by atoms with Crippen LogP contribution in [-0.4, -0.2) is 39.4 Å². The highest BCUT2D eigenvalue weighted by Crippen LogP contribution is 2.23. The van der Waals surface area contributed by atoms with Gasteiger partial charge in [0, 0.05) is 38.2 Å². The van der Waals surface area contributed by atoms with Gasteiger partial charge in [-0.1, -0.05) is 39.8 Å². The Balaban J connectivity index is 2.01. The minimum absolute atomic E-state index is 0.0194. The largest absolute Gasteiger partial charge is 0.383 e. The number of nitrogens with zero attached hydrogens (tertiary/aromatic N) is 3. The molecule has 1 aliphatic heterocycles. The van der Waals surface area contributed by atoms with Gasteiger partial charge in [0.05, 0.1) is 0 Å². The van der Waals surface area contributed by atoms with Gasteiger partial charge in [0.1, 0.15) is 5.82 Å². The van der Waals surface area contributed by atoms with E-state index in [0.29, 0.717) is 31.6 Å². The molecule has 1 fully saturated rings. The summed E-state index contributed by atoms with van der Waals surface area (Å²) in [6.45, 7) is 9.45. The number of anilines is 2. The van der Waals surface area contributed by atoms with Gasteiger partial charge in [-0.15, -0.1) is 0 Å². The number of rotatable bonds is 8. The normalized spacial score (nSPS) is 13.9. The van der Waals surface area contributed by atoms with Crippen molar-refractivity contribution in [1.29, 1.82) is 0 Å². The summed E-state index contributed by atoms with van der Waals surface area (Å²) in [6.07, 6.45) is 1.39. The number of hydrogen-bond donors (Lipinski definition) is 2. The van der Waals surface area contributed by atoms with E-state index in [1.807, 2.05) is 33.8 Å². The van der Waals surface area contributed by atoms with Crippen molar-refractivity contribution in [3.63, 3.8) is 0 Å². The summed E-state index contributed by atoms with van der Waals surface area (Å²) in [5.74, 6) is -0.137. The summed E-state index contributed by atoms with van der Waals surface area (Å²) >= 11 is 0. The number of carbonyl (C=O) groups excluding carboxylic acids is 2. The van der Waals surface area contributed by atoms with Gasteiger partial charge in [-0.25, -0.2) is 4.79 Å². The Morgan fingerprint density at radius 3 is 2.48 bits per heavy atom. The first-order chi connectivity index (χ1) is 15.6. The Kier molecular flexibility index (Phi) is 7.40. The van der Waals surface area contributed by atoms with Crippen LogP contribution in [-0.2, 0) is 17.9 Å². The van der Waals surface area contributed by atoms with Crippen molar-refractivity contribution in [1.82, 2.24) is 14.5 Å². The third-order valence-electron chi connectivity index (χ3n) is 5.54. The lowest BCUT2D eigenvalue weighted by atomic mass is 10.1. The van der Waals surface area contributed by atoms with Crippen LogP contribution in [0.15, 0.2) is 33.9 Å². The van der Waals surface area contributed by atoms with E-state index >= 15 is 0 Å². The Bertz CT molecular complexity index is 1150. The molecule has 0 saturated carbocycles. The second kappa shape index (κ2) is 10.1. The van der Waals surface area contributed by atoms with Gasteiger partial charge in [0.15, 0.2) is 5.69 Å². The highest BCUT2D eigenvalue weighted by atomic mass is 16.2. The van der Waals surface area contributed by atoms with Crippen LogP contribution in [0.4, 0.5) is 11.5 Å². The lowest BCUT2D eigenvalue weighted by Gasteiger charge is -2.26. The van der Waals surface area contributed by atoms with Crippen LogP contribution >= 0.6 is 0 Å². The number of likely N-dealkylation sites (tertiary alicyclic amines) is 1. The van der Waals surface area contributed by atoms with E-state index in [0.717, 1.165) is 12.0 Å². The fourth-order valence-corrected chi connectivity index (χ4v) is 4.08. The molecule has 1 saturated heterocycles. The van der Waals surface area contributed by atoms with Crippen LogP contribution in [0.5, 0.6) is 0 Å². The maximum atomic E-state index is 13.6. The molecule has 9 heteroatoms. The minimum Gasteiger partial charge on any atom is -0.383 e. The van der Waals surface area contributed by atoms with E-state index in [-0.39, 0.29) is 41.7 Å². The van der Waals surface area contributed by atoms with E-state index in [1.54, 1.807) is 23.1 Å². The summed E-state index contributed by atoms with van der Waals surface area (Å²) in [5, 5.41) is 0. The topological polar surface area (TPSA) is 121 Å². The van der Waals surface area contributed by atoms with Gasteiger partial charge in [-0.3, -0.25) is 23.9 Å². The summed E-state index contributed by atoms with van der Waals surface area (Å²) in [6, 6.07) is 7.07. The molecule has 1 aromatic heterocycles. The summed E-state index contributed by atoms with van der Waals surface area (Å²) in [7, 11) is 0. The summed E-state index contributed by atoms with van der Waals surface area (Å²) in [4.78, 5) is 56.2. The molecule has 9 nitrogen and oxygen atoms in total. The number of nitrogen functional groups attached to an aromatic ring is 1. The molecule has 1 aliphatic rings. The highest BCUT2D eigenvalue weighted by molar-refractivity contribution is 6.07. The van der Waals surface area contributed by atoms with Gasteiger partial charge in [-0.05, 0) is 36.0 Å². The van der Waals surface area contributed by atoms with Crippen molar-refractivity contribution in [3.8, 4) is 0 Å². The van der Waals surface area contributed by atoms with Crippen LogP contribution < -0.4 is 21.9 Å². The Hall–Kier alpha value is -3.36. The smallest absolute Gasteiger partial charge is 0.330 e. The first-order valence-electron chi connectivity index (χ1n) is 11.4. The van der Waals surface area contributed by atoms with E-state index in [2.05, 4.69) is 4.98 Å².